The second-order valence-electron chi connectivity index (χ2n) is 5.78. The zero-order valence-corrected chi connectivity index (χ0v) is 13.4. The maximum absolute atomic E-state index is 12.5. The second kappa shape index (κ2) is 5.79. The van der Waals surface area contributed by atoms with Gasteiger partial charge in [0, 0.05) is 19.1 Å². The van der Waals surface area contributed by atoms with Crippen LogP contribution in [0.3, 0.4) is 0 Å². The summed E-state index contributed by atoms with van der Waals surface area (Å²) in [5.74, 6) is 0.947. The second-order valence-corrected chi connectivity index (χ2v) is 6.81. The Hall–Kier alpha value is -2.18. The number of nitrogens with zero attached hydrogens (tertiary/aromatic N) is 2. The number of hydrogen-bond donors (Lipinski definition) is 1. The van der Waals surface area contributed by atoms with Crippen LogP contribution in [0.2, 0.25) is 0 Å². The largest absolute Gasteiger partial charge is 0.448 e. The van der Waals surface area contributed by atoms with Gasteiger partial charge >= 0.3 is 0 Å². The van der Waals surface area contributed by atoms with Gasteiger partial charge < -0.3 is 15.1 Å². The van der Waals surface area contributed by atoms with E-state index >= 15 is 0 Å². The fraction of sp³-hybridized carbons (Fsp3) is 0.294. The summed E-state index contributed by atoms with van der Waals surface area (Å²) in [7, 11) is 0. The van der Waals surface area contributed by atoms with E-state index in [1.165, 1.54) is 0 Å². The number of thiazole rings is 1. The fourth-order valence-electron chi connectivity index (χ4n) is 2.80. The predicted octanol–water partition coefficient (Wildman–Crippen LogP) is 3.12. The topological polar surface area (TPSA) is 72.4 Å². The van der Waals surface area contributed by atoms with Gasteiger partial charge in [-0.05, 0) is 37.1 Å². The third-order valence-corrected chi connectivity index (χ3v) is 5.20. The van der Waals surface area contributed by atoms with Crippen LogP contribution in [-0.2, 0) is 0 Å². The number of aromatic nitrogens is 1. The lowest BCUT2D eigenvalue weighted by Crippen LogP contribution is -2.42. The average Bonchev–Trinajstić information content (AvgIpc) is 3.21. The van der Waals surface area contributed by atoms with Crippen LogP contribution in [0.15, 0.2) is 40.8 Å². The molecule has 2 N–H and O–H groups in total. The minimum Gasteiger partial charge on any atom is -0.448 e. The molecule has 0 radical (unpaired) electrons. The van der Waals surface area contributed by atoms with Crippen molar-refractivity contribution in [1.82, 2.24) is 9.88 Å². The number of fused-ring (bicyclic) bond motifs is 1. The maximum Gasteiger partial charge on any atom is 0.289 e. The monoisotopic (exact) mass is 327 g/mol. The van der Waals surface area contributed by atoms with Gasteiger partial charge in [0.2, 0.25) is 0 Å². The van der Waals surface area contributed by atoms with Crippen molar-refractivity contribution in [3.8, 4) is 10.8 Å². The van der Waals surface area contributed by atoms with E-state index in [4.69, 9.17) is 10.2 Å². The zero-order valence-electron chi connectivity index (χ0n) is 12.6. The van der Waals surface area contributed by atoms with Crippen molar-refractivity contribution in [1.29, 1.82) is 0 Å². The summed E-state index contributed by atoms with van der Waals surface area (Å²) in [5, 5.41) is 0.797. The van der Waals surface area contributed by atoms with Crippen molar-refractivity contribution in [2.75, 3.05) is 13.1 Å². The van der Waals surface area contributed by atoms with Crippen molar-refractivity contribution in [3.63, 3.8) is 0 Å². The van der Waals surface area contributed by atoms with Crippen LogP contribution in [0.25, 0.3) is 21.0 Å². The summed E-state index contributed by atoms with van der Waals surface area (Å²) in [4.78, 5) is 18.9. The Labute approximate surface area is 137 Å². The Morgan fingerprint density at radius 3 is 2.78 bits per heavy atom. The minimum atomic E-state index is -0.0655. The molecular formula is C17H17N3O2S. The van der Waals surface area contributed by atoms with E-state index in [2.05, 4.69) is 4.98 Å². The van der Waals surface area contributed by atoms with Gasteiger partial charge in [-0.2, -0.15) is 0 Å². The number of para-hydroxylation sites is 1. The van der Waals surface area contributed by atoms with Crippen molar-refractivity contribution in [2.45, 2.75) is 18.9 Å². The average molecular weight is 327 g/mol. The van der Waals surface area contributed by atoms with E-state index in [1.54, 1.807) is 17.4 Å². The van der Waals surface area contributed by atoms with Gasteiger partial charge in [0.05, 0.1) is 10.2 Å². The maximum atomic E-state index is 12.5. The van der Waals surface area contributed by atoms with E-state index in [0.29, 0.717) is 24.6 Å². The molecule has 1 amide bonds. The fourth-order valence-corrected chi connectivity index (χ4v) is 3.73. The van der Waals surface area contributed by atoms with E-state index < -0.39 is 0 Å². The van der Waals surface area contributed by atoms with E-state index in [-0.39, 0.29) is 11.9 Å². The number of amides is 1. The van der Waals surface area contributed by atoms with Crippen molar-refractivity contribution >= 4 is 27.5 Å². The number of furan rings is 1. The molecule has 0 unspecified atom stereocenters. The van der Waals surface area contributed by atoms with E-state index in [9.17, 15) is 4.79 Å². The summed E-state index contributed by atoms with van der Waals surface area (Å²) in [5.41, 5.74) is 6.83. The van der Waals surface area contributed by atoms with Gasteiger partial charge in [-0.15, -0.1) is 11.3 Å². The first-order valence-corrected chi connectivity index (χ1v) is 8.53. The molecule has 0 aliphatic carbocycles. The Bertz CT molecular complexity index is 813. The van der Waals surface area contributed by atoms with Crippen LogP contribution in [0.5, 0.6) is 0 Å². The number of likely N-dealkylation sites (tertiary alicyclic amines) is 1. The first kappa shape index (κ1) is 14.4. The Morgan fingerprint density at radius 2 is 2.00 bits per heavy atom. The van der Waals surface area contributed by atoms with Crippen molar-refractivity contribution < 1.29 is 9.21 Å². The predicted molar refractivity (Wildman–Crippen MR) is 90.4 cm³/mol. The summed E-state index contributed by atoms with van der Waals surface area (Å²) in [6.45, 7) is 1.38. The molecule has 118 valence electrons. The highest BCUT2D eigenvalue weighted by atomic mass is 32.1. The molecule has 6 heteroatoms. The van der Waals surface area contributed by atoms with Gasteiger partial charge in [0.15, 0.2) is 16.5 Å². The van der Waals surface area contributed by atoms with E-state index in [1.807, 2.05) is 35.2 Å². The van der Waals surface area contributed by atoms with Crippen LogP contribution in [0.1, 0.15) is 23.4 Å². The van der Waals surface area contributed by atoms with Gasteiger partial charge in [-0.1, -0.05) is 12.1 Å². The number of benzene rings is 1. The molecular weight excluding hydrogens is 310 g/mol. The van der Waals surface area contributed by atoms with Crippen LogP contribution < -0.4 is 5.73 Å². The lowest BCUT2D eigenvalue weighted by molar-refractivity contribution is 0.0683. The van der Waals surface area contributed by atoms with Gasteiger partial charge in [-0.25, -0.2) is 4.98 Å². The molecule has 0 atom stereocenters. The zero-order chi connectivity index (χ0) is 15.8. The normalized spacial score (nSPS) is 16.1. The van der Waals surface area contributed by atoms with Gasteiger partial charge in [-0.3, -0.25) is 4.79 Å². The van der Waals surface area contributed by atoms with Gasteiger partial charge in [0.1, 0.15) is 0 Å². The summed E-state index contributed by atoms with van der Waals surface area (Å²) in [6.07, 6.45) is 1.69. The summed E-state index contributed by atoms with van der Waals surface area (Å²) >= 11 is 1.56. The first-order valence-electron chi connectivity index (χ1n) is 7.71. The third-order valence-electron chi connectivity index (χ3n) is 4.15. The molecule has 3 heterocycles. The lowest BCUT2D eigenvalue weighted by atomic mass is 10.1. The quantitative estimate of drug-likeness (QED) is 0.785. The molecule has 0 bridgehead atoms. The number of hydrogen-bond acceptors (Lipinski definition) is 5. The molecule has 1 aliphatic heterocycles. The Morgan fingerprint density at radius 1 is 1.22 bits per heavy atom. The highest BCUT2D eigenvalue weighted by molar-refractivity contribution is 7.21. The Kier molecular flexibility index (Phi) is 3.63. The molecule has 1 fully saturated rings. The van der Waals surface area contributed by atoms with E-state index in [0.717, 1.165) is 28.1 Å². The molecule has 1 saturated heterocycles. The summed E-state index contributed by atoms with van der Waals surface area (Å²) < 4.78 is 6.87. The van der Waals surface area contributed by atoms with Crippen LogP contribution in [-0.4, -0.2) is 34.9 Å². The molecule has 2 aromatic heterocycles. The molecule has 23 heavy (non-hydrogen) atoms. The smallest absolute Gasteiger partial charge is 0.289 e. The first-order chi connectivity index (χ1) is 11.2. The van der Waals surface area contributed by atoms with Crippen LogP contribution in [0.4, 0.5) is 0 Å². The number of piperidine rings is 1. The van der Waals surface area contributed by atoms with Crippen molar-refractivity contribution in [3.05, 3.63) is 42.2 Å². The highest BCUT2D eigenvalue weighted by Crippen LogP contribution is 2.31. The number of rotatable bonds is 2. The third kappa shape index (κ3) is 2.75. The molecule has 5 nitrogen and oxygen atoms in total. The SMILES string of the molecule is NC1CCN(C(=O)c2ccc(-c3nc4ccccc4s3)o2)CC1. The standard InChI is InChI=1S/C17H17N3O2S/c18-11-7-9-20(10-8-11)17(21)14-6-5-13(22-14)16-19-12-3-1-2-4-15(12)23-16/h1-6,11H,7-10,18H2. The summed E-state index contributed by atoms with van der Waals surface area (Å²) in [6, 6.07) is 11.7. The highest BCUT2D eigenvalue weighted by Gasteiger charge is 2.24. The lowest BCUT2D eigenvalue weighted by Gasteiger charge is -2.29. The number of carbonyl (C=O) groups excluding carboxylic acids is 1. The molecule has 0 saturated carbocycles. The van der Waals surface area contributed by atoms with Crippen molar-refractivity contribution in [2.24, 2.45) is 5.73 Å². The molecule has 1 aromatic carbocycles. The molecule has 4 rings (SSSR count). The minimum absolute atomic E-state index is 0.0655. The van der Waals surface area contributed by atoms with Crippen LogP contribution >= 0.6 is 11.3 Å². The Balaban J connectivity index is 1.57. The molecule has 1 aliphatic rings. The van der Waals surface area contributed by atoms with Crippen LogP contribution in [0, 0.1) is 0 Å². The molecule has 0 spiro atoms. The van der Waals surface area contributed by atoms with Gasteiger partial charge in [0.25, 0.3) is 5.91 Å². The number of nitrogens with two attached hydrogens (primary N) is 1. The molecule has 3 aromatic rings. The number of carbonyl (C=O) groups is 1.